The van der Waals surface area contributed by atoms with Crippen LogP contribution in [-0.2, 0) is 21.2 Å². The first kappa shape index (κ1) is 22.3. The molecule has 1 N–H and O–H groups in total. The highest BCUT2D eigenvalue weighted by Crippen LogP contribution is 2.43. The van der Waals surface area contributed by atoms with Gasteiger partial charge in [0.05, 0.1) is 17.5 Å². The van der Waals surface area contributed by atoms with Crippen LogP contribution in [-0.4, -0.2) is 24.3 Å². The van der Waals surface area contributed by atoms with Crippen molar-refractivity contribution in [3.05, 3.63) is 98.3 Å². The van der Waals surface area contributed by atoms with Crippen LogP contribution in [0.2, 0.25) is 0 Å². The van der Waals surface area contributed by atoms with Gasteiger partial charge in [-0.25, -0.2) is 8.42 Å². The topological polar surface area (TPSA) is 74.7 Å². The molecule has 1 atom stereocenters. The number of aliphatic hydroxyl groups is 1. The molecule has 7 heteroatoms. The molecule has 1 aliphatic rings. The Morgan fingerprint density at radius 1 is 1.03 bits per heavy atom. The molecule has 0 fully saturated rings. The van der Waals surface area contributed by atoms with Crippen LogP contribution in [0, 0.1) is 6.92 Å². The number of rotatable bonds is 6. The summed E-state index contributed by atoms with van der Waals surface area (Å²) in [5, 5.41) is 12.7. The molecule has 4 rings (SSSR count). The predicted octanol–water partition coefficient (Wildman–Crippen LogP) is 5.51. The molecule has 0 saturated heterocycles. The van der Waals surface area contributed by atoms with Gasteiger partial charge in [0.25, 0.3) is 5.91 Å². The number of nitrogens with zero attached hydrogens (tertiary/aromatic N) is 1. The molecule has 0 aliphatic carbocycles. The van der Waals surface area contributed by atoms with Gasteiger partial charge in [0.15, 0.2) is 5.76 Å². The Morgan fingerprint density at radius 2 is 1.69 bits per heavy atom. The van der Waals surface area contributed by atoms with Crippen LogP contribution in [0.3, 0.4) is 0 Å². The fourth-order valence-electron chi connectivity index (χ4n) is 3.88. The summed E-state index contributed by atoms with van der Waals surface area (Å²) in [6.07, 6.45) is 0. The van der Waals surface area contributed by atoms with Crippen molar-refractivity contribution in [2.75, 3.05) is 0 Å². The van der Waals surface area contributed by atoms with E-state index >= 15 is 0 Å². The number of carbonyl (C=O) groups is 1. The summed E-state index contributed by atoms with van der Waals surface area (Å²) in [6, 6.07) is 16.9. The van der Waals surface area contributed by atoms with Gasteiger partial charge in [-0.3, -0.25) is 4.79 Å². The van der Waals surface area contributed by atoms with Gasteiger partial charge < -0.3 is 10.0 Å². The zero-order chi connectivity index (χ0) is 23.0. The number of benzene rings is 2. The van der Waals surface area contributed by atoms with Crippen LogP contribution in [0.15, 0.2) is 81.6 Å². The summed E-state index contributed by atoms with van der Waals surface area (Å²) in [5.41, 5.74) is 2.68. The van der Waals surface area contributed by atoms with Crippen LogP contribution < -0.4 is 0 Å². The Balaban J connectivity index is 1.85. The maximum atomic E-state index is 13.6. The lowest BCUT2D eigenvalue weighted by atomic mass is 9.99. The molecule has 166 valence electrons. The molecular weight excluding hydrogens is 442 g/mol. The Morgan fingerprint density at radius 3 is 2.25 bits per heavy atom. The van der Waals surface area contributed by atoms with Crippen molar-refractivity contribution in [3.63, 3.8) is 0 Å². The molecule has 0 saturated carbocycles. The molecule has 0 spiro atoms. The van der Waals surface area contributed by atoms with Crippen molar-refractivity contribution in [2.45, 2.75) is 44.2 Å². The van der Waals surface area contributed by atoms with Gasteiger partial charge in [0.1, 0.15) is 4.91 Å². The molecule has 32 heavy (non-hydrogen) atoms. The van der Waals surface area contributed by atoms with Crippen LogP contribution in [0.5, 0.6) is 0 Å². The summed E-state index contributed by atoms with van der Waals surface area (Å²) >= 11 is 1.48. The third-order valence-electron chi connectivity index (χ3n) is 5.70. The van der Waals surface area contributed by atoms with E-state index in [4.69, 9.17) is 0 Å². The molecule has 1 aliphatic heterocycles. The van der Waals surface area contributed by atoms with E-state index in [1.165, 1.54) is 28.4 Å². The van der Waals surface area contributed by atoms with Crippen molar-refractivity contribution in [1.29, 1.82) is 0 Å². The van der Waals surface area contributed by atoms with Gasteiger partial charge in [-0.05, 0) is 47.5 Å². The third kappa shape index (κ3) is 3.98. The van der Waals surface area contributed by atoms with Gasteiger partial charge in [-0.2, -0.15) is 0 Å². The van der Waals surface area contributed by atoms with E-state index in [0.29, 0.717) is 11.5 Å². The summed E-state index contributed by atoms with van der Waals surface area (Å²) < 4.78 is 27.2. The third-order valence-corrected chi connectivity index (χ3v) is 8.45. The molecule has 0 radical (unpaired) electrons. The maximum Gasteiger partial charge on any atom is 0.290 e. The molecule has 3 aromatic rings. The maximum absolute atomic E-state index is 13.6. The molecule has 0 bridgehead atoms. The van der Waals surface area contributed by atoms with Crippen molar-refractivity contribution in [1.82, 2.24) is 4.90 Å². The van der Waals surface area contributed by atoms with E-state index in [0.717, 1.165) is 16.0 Å². The SMILES string of the molecule is Cc1ccc(S(=O)(=O)C2=C(O)C(=O)N(Cc3cccs3)[C@@H]2c2ccc(C(C)C)cc2)cc1. The number of aliphatic hydroxyl groups excluding tert-OH is 1. The number of carbonyl (C=O) groups excluding carboxylic acids is 1. The lowest BCUT2D eigenvalue weighted by Crippen LogP contribution is -2.30. The second-order valence-electron chi connectivity index (χ2n) is 8.27. The highest BCUT2D eigenvalue weighted by Gasteiger charge is 2.46. The molecule has 0 unspecified atom stereocenters. The highest BCUT2D eigenvalue weighted by atomic mass is 32.2. The molecule has 1 aromatic heterocycles. The zero-order valence-electron chi connectivity index (χ0n) is 18.1. The van der Waals surface area contributed by atoms with Gasteiger partial charge in [0.2, 0.25) is 9.84 Å². The van der Waals surface area contributed by atoms with Crippen LogP contribution >= 0.6 is 11.3 Å². The fourth-order valence-corrected chi connectivity index (χ4v) is 6.23. The molecule has 2 aromatic carbocycles. The summed E-state index contributed by atoms with van der Waals surface area (Å²) in [5.74, 6) is -1.07. The van der Waals surface area contributed by atoms with Crippen LogP contribution in [0.1, 0.15) is 47.4 Å². The number of sulfone groups is 1. The van der Waals surface area contributed by atoms with Crippen molar-refractivity contribution < 1.29 is 18.3 Å². The first-order valence-corrected chi connectivity index (χ1v) is 12.7. The quantitative estimate of drug-likeness (QED) is 0.519. The normalized spacial score (nSPS) is 16.9. The smallest absolute Gasteiger partial charge is 0.290 e. The number of hydrogen-bond donors (Lipinski definition) is 1. The molecule has 2 heterocycles. The second kappa shape index (κ2) is 8.56. The van der Waals surface area contributed by atoms with Crippen LogP contribution in [0.4, 0.5) is 0 Å². The van der Waals surface area contributed by atoms with Crippen molar-refractivity contribution >= 4 is 27.1 Å². The minimum atomic E-state index is -4.10. The van der Waals surface area contributed by atoms with E-state index < -0.39 is 27.5 Å². The number of hydrogen-bond acceptors (Lipinski definition) is 5. The number of thiophene rings is 1. The average molecular weight is 468 g/mol. The van der Waals surface area contributed by atoms with E-state index in [1.807, 2.05) is 48.7 Å². The van der Waals surface area contributed by atoms with E-state index in [-0.39, 0.29) is 16.3 Å². The standard InChI is InChI=1S/C25H25NO4S2/c1-16(2)18-8-10-19(11-9-18)22-24(32(29,30)21-12-6-17(3)7-13-21)23(27)25(28)26(22)15-20-5-4-14-31-20/h4-14,16,22,27H,15H2,1-3H3/t22-/m1/s1. The Labute approximate surface area is 192 Å². The lowest BCUT2D eigenvalue weighted by molar-refractivity contribution is -0.130. The van der Waals surface area contributed by atoms with Gasteiger partial charge in [-0.15, -0.1) is 11.3 Å². The minimum absolute atomic E-state index is 0.0548. The van der Waals surface area contributed by atoms with E-state index in [1.54, 1.807) is 12.1 Å². The molecule has 5 nitrogen and oxygen atoms in total. The number of amides is 1. The second-order valence-corrected chi connectivity index (χ2v) is 11.2. The van der Waals surface area contributed by atoms with Crippen molar-refractivity contribution in [3.8, 4) is 0 Å². The Hall–Kier alpha value is -2.90. The van der Waals surface area contributed by atoms with Crippen LogP contribution in [0.25, 0.3) is 0 Å². The fraction of sp³-hybridized carbons (Fsp3) is 0.240. The molecule has 1 amide bonds. The number of aryl methyl sites for hydroxylation is 1. The summed E-state index contributed by atoms with van der Waals surface area (Å²) in [7, 11) is -4.10. The first-order chi connectivity index (χ1) is 15.2. The zero-order valence-corrected chi connectivity index (χ0v) is 19.8. The largest absolute Gasteiger partial charge is 0.502 e. The van der Waals surface area contributed by atoms with Gasteiger partial charge in [-0.1, -0.05) is 61.9 Å². The highest BCUT2D eigenvalue weighted by molar-refractivity contribution is 7.95. The van der Waals surface area contributed by atoms with Gasteiger partial charge in [0, 0.05) is 4.88 Å². The Bertz CT molecular complexity index is 1260. The molecular formula is C25H25NO4S2. The predicted molar refractivity (Wildman–Crippen MR) is 126 cm³/mol. The lowest BCUT2D eigenvalue weighted by Gasteiger charge is -2.27. The van der Waals surface area contributed by atoms with E-state index in [2.05, 4.69) is 13.8 Å². The van der Waals surface area contributed by atoms with Crippen molar-refractivity contribution in [2.24, 2.45) is 0 Å². The first-order valence-electron chi connectivity index (χ1n) is 10.4. The minimum Gasteiger partial charge on any atom is -0.502 e. The monoisotopic (exact) mass is 467 g/mol. The average Bonchev–Trinajstić information content (AvgIpc) is 3.36. The summed E-state index contributed by atoms with van der Waals surface area (Å²) in [4.78, 5) is 15.2. The summed E-state index contributed by atoms with van der Waals surface area (Å²) in [6.45, 7) is 6.24. The van der Waals surface area contributed by atoms with E-state index in [9.17, 15) is 18.3 Å². The Kier molecular flexibility index (Phi) is 5.97. The van der Waals surface area contributed by atoms with Gasteiger partial charge >= 0.3 is 0 Å².